The fraction of sp³-hybridized carbons (Fsp3) is 0.909. The summed E-state index contributed by atoms with van der Waals surface area (Å²) in [5, 5.41) is 8.81. The monoisotopic (exact) mass is 216 g/mol. The maximum Gasteiger partial charge on any atom is 0.305 e. The summed E-state index contributed by atoms with van der Waals surface area (Å²) in [7, 11) is 0. The highest BCUT2D eigenvalue weighted by Crippen LogP contribution is 2.16. The number of carbonyl (C=O) groups is 1. The number of ether oxygens (including phenoxy) is 2. The van der Waals surface area contributed by atoms with Crippen LogP contribution in [0.15, 0.2) is 0 Å². The molecule has 0 aliphatic carbocycles. The van der Waals surface area contributed by atoms with Crippen LogP contribution in [-0.4, -0.2) is 37.5 Å². The van der Waals surface area contributed by atoms with E-state index in [9.17, 15) is 4.79 Å². The fourth-order valence-electron chi connectivity index (χ4n) is 1.53. The molecule has 1 N–H and O–H groups in total. The Kier molecular flexibility index (Phi) is 5.65. The van der Waals surface area contributed by atoms with E-state index in [0.717, 1.165) is 12.8 Å². The van der Waals surface area contributed by atoms with Gasteiger partial charge in [0.25, 0.3) is 0 Å². The molecular weight excluding hydrogens is 196 g/mol. The van der Waals surface area contributed by atoms with Gasteiger partial charge in [0, 0.05) is 25.6 Å². The largest absolute Gasteiger partial charge is 0.466 e. The van der Waals surface area contributed by atoms with Gasteiger partial charge >= 0.3 is 5.97 Å². The first-order chi connectivity index (χ1) is 7.22. The first-order valence-electron chi connectivity index (χ1n) is 5.56. The molecular formula is C11H20O4. The highest BCUT2D eigenvalue weighted by Gasteiger charge is 2.17. The minimum absolute atomic E-state index is 0.0961. The maximum absolute atomic E-state index is 11.0. The summed E-state index contributed by atoms with van der Waals surface area (Å²) in [6, 6.07) is 0. The van der Waals surface area contributed by atoms with E-state index in [2.05, 4.69) is 0 Å². The maximum atomic E-state index is 11.0. The van der Waals surface area contributed by atoms with Crippen molar-refractivity contribution in [3.8, 4) is 0 Å². The minimum Gasteiger partial charge on any atom is -0.466 e. The van der Waals surface area contributed by atoms with E-state index in [-0.39, 0.29) is 18.5 Å². The van der Waals surface area contributed by atoms with Gasteiger partial charge < -0.3 is 14.6 Å². The molecule has 1 saturated heterocycles. The van der Waals surface area contributed by atoms with Gasteiger partial charge in [0.05, 0.1) is 13.2 Å². The van der Waals surface area contributed by atoms with Crippen molar-refractivity contribution in [3.05, 3.63) is 0 Å². The standard InChI is InChI=1S/C11H20O4/c1-9(6-12)7-14-8-10-2-3-11(13)15-5-4-10/h9-10,12H,2-8H2,1H3. The number of carbonyl (C=O) groups excluding carboxylic acids is 1. The number of rotatable bonds is 5. The molecule has 1 aliphatic rings. The van der Waals surface area contributed by atoms with Crippen molar-refractivity contribution >= 4 is 5.97 Å². The smallest absolute Gasteiger partial charge is 0.305 e. The zero-order valence-corrected chi connectivity index (χ0v) is 9.28. The molecule has 2 atom stereocenters. The van der Waals surface area contributed by atoms with Crippen LogP contribution in [0.3, 0.4) is 0 Å². The van der Waals surface area contributed by atoms with Gasteiger partial charge in [-0.25, -0.2) is 0 Å². The first-order valence-corrected chi connectivity index (χ1v) is 5.56. The summed E-state index contributed by atoms with van der Waals surface area (Å²) in [6.07, 6.45) is 2.25. The lowest BCUT2D eigenvalue weighted by Gasteiger charge is -2.14. The van der Waals surface area contributed by atoms with Crippen LogP contribution >= 0.6 is 0 Å². The summed E-state index contributed by atoms with van der Waals surface area (Å²) >= 11 is 0. The molecule has 4 heteroatoms. The average Bonchev–Trinajstić information content (AvgIpc) is 2.43. The summed E-state index contributed by atoms with van der Waals surface area (Å²) in [4.78, 5) is 11.0. The Bertz CT molecular complexity index is 193. The number of aliphatic hydroxyl groups is 1. The van der Waals surface area contributed by atoms with Gasteiger partial charge in [0.15, 0.2) is 0 Å². The van der Waals surface area contributed by atoms with E-state index in [0.29, 0.717) is 32.2 Å². The van der Waals surface area contributed by atoms with E-state index in [1.165, 1.54) is 0 Å². The van der Waals surface area contributed by atoms with Crippen molar-refractivity contribution in [2.75, 3.05) is 26.4 Å². The molecule has 1 rings (SSSR count). The van der Waals surface area contributed by atoms with Crippen LogP contribution in [0, 0.1) is 11.8 Å². The summed E-state index contributed by atoms with van der Waals surface area (Å²) in [6.45, 7) is 3.87. The van der Waals surface area contributed by atoms with E-state index in [1.54, 1.807) is 0 Å². The lowest BCUT2D eigenvalue weighted by molar-refractivity contribution is -0.142. The number of cyclic esters (lactones) is 1. The van der Waals surface area contributed by atoms with Gasteiger partial charge in [-0.2, -0.15) is 0 Å². The van der Waals surface area contributed by atoms with E-state index < -0.39 is 0 Å². The third-order valence-electron chi connectivity index (χ3n) is 2.61. The molecule has 0 radical (unpaired) electrons. The van der Waals surface area contributed by atoms with Crippen LogP contribution in [0.1, 0.15) is 26.2 Å². The average molecular weight is 216 g/mol. The summed E-state index contributed by atoms with van der Waals surface area (Å²) in [5.41, 5.74) is 0. The molecule has 0 aromatic carbocycles. The van der Waals surface area contributed by atoms with E-state index >= 15 is 0 Å². The van der Waals surface area contributed by atoms with E-state index in [1.807, 2.05) is 6.92 Å². The van der Waals surface area contributed by atoms with Gasteiger partial charge in [-0.1, -0.05) is 6.92 Å². The summed E-state index contributed by atoms with van der Waals surface area (Å²) < 4.78 is 10.4. The molecule has 0 aromatic rings. The number of hydrogen-bond acceptors (Lipinski definition) is 4. The molecule has 2 unspecified atom stereocenters. The third-order valence-corrected chi connectivity index (χ3v) is 2.61. The molecule has 0 saturated carbocycles. The second kappa shape index (κ2) is 6.80. The molecule has 0 aromatic heterocycles. The number of aliphatic hydroxyl groups excluding tert-OH is 1. The molecule has 0 amide bonds. The Hall–Kier alpha value is -0.610. The van der Waals surface area contributed by atoms with Crippen LogP contribution in [0.2, 0.25) is 0 Å². The van der Waals surface area contributed by atoms with Crippen molar-refractivity contribution < 1.29 is 19.4 Å². The van der Waals surface area contributed by atoms with Crippen molar-refractivity contribution in [1.82, 2.24) is 0 Å². The Labute approximate surface area is 90.6 Å². The highest BCUT2D eigenvalue weighted by molar-refractivity contribution is 5.69. The van der Waals surface area contributed by atoms with Crippen molar-refractivity contribution in [2.24, 2.45) is 11.8 Å². The van der Waals surface area contributed by atoms with Crippen molar-refractivity contribution in [2.45, 2.75) is 26.2 Å². The molecule has 4 nitrogen and oxygen atoms in total. The molecule has 0 bridgehead atoms. The Morgan fingerprint density at radius 2 is 2.40 bits per heavy atom. The lowest BCUT2D eigenvalue weighted by atomic mass is 10.0. The zero-order chi connectivity index (χ0) is 11.1. The van der Waals surface area contributed by atoms with Crippen LogP contribution < -0.4 is 0 Å². The second-order valence-corrected chi connectivity index (χ2v) is 4.24. The van der Waals surface area contributed by atoms with Gasteiger partial charge in [0.2, 0.25) is 0 Å². The predicted octanol–water partition coefficient (Wildman–Crippen LogP) is 0.975. The molecule has 88 valence electrons. The minimum atomic E-state index is -0.0961. The van der Waals surface area contributed by atoms with Gasteiger partial charge in [0.1, 0.15) is 0 Å². The van der Waals surface area contributed by atoms with Crippen LogP contribution in [0.25, 0.3) is 0 Å². The van der Waals surface area contributed by atoms with Crippen LogP contribution in [0.5, 0.6) is 0 Å². The van der Waals surface area contributed by atoms with E-state index in [4.69, 9.17) is 14.6 Å². The third kappa shape index (κ3) is 5.14. The SMILES string of the molecule is CC(CO)COCC1CCOC(=O)CC1. The summed E-state index contributed by atoms with van der Waals surface area (Å²) in [5.74, 6) is 0.511. The predicted molar refractivity (Wildman–Crippen MR) is 55.4 cm³/mol. The molecule has 1 fully saturated rings. The second-order valence-electron chi connectivity index (χ2n) is 4.24. The Morgan fingerprint density at radius 1 is 1.60 bits per heavy atom. The topological polar surface area (TPSA) is 55.8 Å². The van der Waals surface area contributed by atoms with Crippen molar-refractivity contribution in [3.63, 3.8) is 0 Å². The Morgan fingerprint density at radius 3 is 3.13 bits per heavy atom. The molecule has 1 aliphatic heterocycles. The molecule has 15 heavy (non-hydrogen) atoms. The van der Waals surface area contributed by atoms with Crippen molar-refractivity contribution in [1.29, 1.82) is 0 Å². The van der Waals surface area contributed by atoms with Crippen LogP contribution in [-0.2, 0) is 14.3 Å². The quantitative estimate of drug-likeness (QED) is 0.696. The van der Waals surface area contributed by atoms with Gasteiger partial charge in [-0.3, -0.25) is 4.79 Å². The number of hydrogen-bond donors (Lipinski definition) is 1. The van der Waals surface area contributed by atoms with Gasteiger partial charge in [-0.15, -0.1) is 0 Å². The fourth-order valence-corrected chi connectivity index (χ4v) is 1.53. The lowest BCUT2D eigenvalue weighted by Crippen LogP contribution is -2.15. The van der Waals surface area contributed by atoms with Gasteiger partial charge in [-0.05, 0) is 18.8 Å². The first kappa shape index (κ1) is 12.5. The molecule has 1 heterocycles. The van der Waals surface area contributed by atoms with Crippen LogP contribution in [0.4, 0.5) is 0 Å². The normalized spacial score (nSPS) is 24.4. The number of esters is 1. The zero-order valence-electron chi connectivity index (χ0n) is 9.28. The molecule has 0 spiro atoms. The highest BCUT2D eigenvalue weighted by atomic mass is 16.5. The Balaban J connectivity index is 2.12.